The number of benzene rings is 1. The monoisotopic (exact) mass is 221 g/mol. The molecule has 0 heterocycles. The summed E-state index contributed by atoms with van der Waals surface area (Å²) in [6.07, 6.45) is 4.51. The van der Waals surface area contributed by atoms with Crippen LogP contribution in [0.1, 0.15) is 25.3 Å². The van der Waals surface area contributed by atoms with Crippen molar-refractivity contribution in [3.05, 3.63) is 46.1 Å². The molecule has 0 atom stereocenters. The normalized spacial score (nSPS) is 10.6. The SMILES string of the molecule is CCCCOc1ccc(/C=C\[N+](=O)[O-])cc1. The number of hydrogen-bond donors (Lipinski definition) is 0. The molecule has 0 aliphatic rings. The summed E-state index contributed by atoms with van der Waals surface area (Å²) in [7, 11) is 0. The van der Waals surface area contributed by atoms with Crippen LogP contribution in [0.15, 0.2) is 30.5 Å². The van der Waals surface area contributed by atoms with Crippen molar-refractivity contribution in [1.82, 2.24) is 0 Å². The van der Waals surface area contributed by atoms with Gasteiger partial charge in [0.25, 0.3) is 0 Å². The number of rotatable bonds is 6. The van der Waals surface area contributed by atoms with Gasteiger partial charge in [-0.15, -0.1) is 0 Å². The number of hydrogen-bond acceptors (Lipinski definition) is 3. The van der Waals surface area contributed by atoms with Crippen LogP contribution in [0.5, 0.6) is 5.75 Å². The highest BCUT2D eigenvalue weighted by atomic mass is 16.6. The van der Waals surface area contributed by atoms with E-state index < -0.39 is 4.92 Å². The second-order valence-corrected chi connectivity index (χ2v) is 3.37. The van der Waals surface area contributed by atoms with Crippen LogP contribution in [0.4, 0.5) is 0 Å². The zero-order valence-corrected chi connectivity index (χ0v) is 9.26. The Kier molecular flexibility index (Phi) is 5.05. The van der Waals surface area contributed by atoms with Gasteiger partial charge in [-0.3, -0.25) is 10.1 Å². The quantitative estimate of drug-likeness (QED) is 0.421. The standard InChI is InChI=1S/C12H15NO3/c1-2-3-10-16-12-6-4-11(5-7-12)8-9-13(14)15/h4-9H,2-3,10H2,1H3/b9-8-. The molecular weight excluding hydrogens is 206 g/mol. The molecule has 0 aliphatic heterocycles. The fourth-order valence-corrected chi connectivity index (χ4v) is 1.16. The van der Waals surface area contributed by atoms with Gasteiger partial charge in [0.05, 0.1) is 11.5 Å². The molecule has 0 saturated carbocycles. The minimum absolute atomic E-state index is 0.480. The first-order valence-corrected chi connectivity index (χ1v) is 5.27. The third-order valence-electron chi connectivity index (χ3n) is 2.04. The van der Waals surface area contributed by atoms with Crippen LogP contribution in [-0.4, -0.2) is 11.5 Å². The van der Waals surface area contributed by atoms with Gasteiger partial charge in [0.1, 0.15) is 5.75 Å². The molecule has 1 aromatic carbocycles. The smallest absolute Gasteiger partial charge is 0.235 e. The van der Waals surface area contributed by atoms with E-state index >= 15 is 0 Å². The van der Waals surface area contributed by atoms with E-state index in [-0.39, 0.29) is 0 Å². The van der Waals surface area contributed by atoms with E-state index in [1.807, 2.05) is 12.1 Å². The predicted octanol–water partition coefficient (Wildman–Crippen LogP) is 3.11. The summed E-state index contributed by atoms with van der Waals surface area (Å²) in [5, 5.41) is 10.1. The minimum atomic E-state index is -0.480. The van der Waals surface area contributed by atoms with E-state index in [1.54, 1.807) is 12.1 Å². The molecule has 0 spiro atoms. The maximum atomic E-state index is 10.1. The molecule has 0 radical (unpaired) electrons. The highest BCUT2D eigenvalue weighted by molar-refractivity contribution is 5.49. The van der Waals surface area contributed by atoms with E-state index in [0.29, 0.717) is 6.61 Å². The molecule has 1 aromatic rings. The van der Waals surface area contributed by atoms with Crippen molar-refractivity contribution in [3.8, 4) is 5.75 Å². The summed E-state index contributed by atoms with van der Waals surface area (Å²) >= 11 is 0. The largest absolute Gasteiger partial charge is 0.494 e. The van der Waals surface area contributed by atoms with Crippen molar-refractivity contribution in [2.45, 2.75) is 19.8 Å². The van der Waals surface area contributed by atoms with Gasteiger partial charge in [0.15, 0.2) is 0 Å². The van der Waals surface area contributed by atoms with Gasteiger partial charge in [-0.1, -0.05) is 25.5 Å². The second kappa shape index (κ2) is 6.61. The third kappa shape index (κ3) is 4.59. The van der Waals surface area contributed by atoms with Crippen molar-refractivity contribution in [1.29, 1.82) is 0 Å². The molecule has 0 bridgehead atoms. The molecule has 0 aliphatic carbocycles. The molecule has 1 rings (SSSR count). The van der Waals surface area contributed by atoms with Gasteiger partial charge < -0.3 is 4.74 Å². The van der Waals surface area contributed by atoms with Crippen LogP contribution < -0.4 is 4.74 Å². The van der Waals surface area contributed by atoms with Crippen molar-refractivity contribution < 1.29 is 9.66 Å². The lowest BCUT2D eigenvalue weighted by atomic mass is 10.2. The highest BCUT2D eigenvalue weighted by Crippen LogP contribution is 2.13. The number of nitro groups is 1. The molecule has 4 heteroatoms. The Hall–Kier alpha value is -1.84. The van der Waals surface area contributed by atoms with Crippen molar-refractivity contribution in [2.75, 3.05) is 6.61 Å². The topological polar surface area (TPSA) is 52.4 Å². The minimum Gasteiger partial charge on any atom is -0.494 e. The molecule has 86 valence electrons. The third-order valence-corrected chi connectivity index (χ3v) is 2.04. The summed E-state index contributed by atoms with van der Waals surface area (Å²) < 4.78 is 5.47. The van der Waals surface area contributed by atoms with Crippen molar-refractivity contribution >= 4 is 6.08 Å². The lowest BCUT2D eigenvalue weighted by Crippen LogP contribution is -1.95. The van der Waals surface area contributed by atoms with Crippen LogP contribution in [0.25, 0.3) is 6.08 Å². The van der Waals surface area contributed by atoms with E-state index in [1.165, 1.54) is 6.08 Å². The molecule has 0 saturated heterocycles. The van der Waals surface area contributed by atoms with Gasteiger partial charge in [-0.25, -0.2) is 0 Å². The number of ether oxygens (including phenoxy) is 1. The number of unbranched alkanes of at least 4 members (excludes halogenated alkanes) is 1. The van der Waals surface area contributed by atoms with Crippen LogP contribution in [0, 0.1) is 10.1 Å². The van der Waals surface area contributed by atoms with Crippen LogP contribution in [0.2, 0.25) is 0 Å². The Morgan fingerprint density at radius 3 is 2.62 bits per heavy atom. The first-order valence-electron chi connectivity index (χ1n) is 5.27. The van der Waals surface area contributed by atoms with Gasteiger partial charge in [0, 0.05) is 6.08 Å². The Morgan fingerprint density at radius 2 is 2.06 bits per heavy atom. The molecule has 0 N–H and O–H groups in total. The lowest BCUT2D eigenvalue weighted by Gasteiger charge is -2.04. The maximum Gasteiger partial charge on any atom is 0.235 e. The molecule has 0 amide bonds. The average molecular weight is 221 g/mol. The van der Waals surface area contributed by atoms with Crippen LogP contribution in [-0.2, 0) is 0 Å². The number of nitrogens with zero attached hydrogens (tertiary/aromatic N) is 1. The fraction of sp³-hybridized carbons (Fsp3) is 0.333. The van der Waals surface area contributed by atoms with Gasteiger partial charge in [0.2, 0.25) is 6.20 Å². The maximum absolute atomic E-state index is 10.1. The van der Waals surface area contributed by atoms with E-state index in [0.717, 1.165) is 30.4 Å². The summed E-state index contributed by atoms with van der Waals surface area (Å²) in [5.74, 6) is 0.798. The van der Waals surface area contributed by atoms with Gasteiger partial charge >= 0.3 is 0 Å². The summed E-state index contributed by atoms with van der Waals surface area (Å²) in [4.78, 5) is 9.63. The van der Waals surface area contributed by atoms with E-state index in [4.69, 9.17) is 4.74 Å². The summed E-state index contributed by atoms with van der Waals surface area (Å²) in [5.41, 5.74) is 0.791. The summed E-state index contributed by atoms with van der Waals surface area (Å²) in [6.45, 7) is 2.81. The van der Waals surface area contributed by atoms with E-state index in [9.17, 15) is 10.1 Å². The predicted molar refractivity (Wildman–Crippen MR) is 62.9 cm³/mol. The molecule has 16 heavy (non-hydrogen) atoms. The van der Waals surface area contributed by atoms with E-state index in [2.05, 4.69) is 6.92 Å². The highest BCUT2D eigenvalue weighted by Gasteiger charge is 1.94. The average Bonchev–Trinajstić information content (AvgIpc) is 2.28. The lowest BCUT2D eigenvalue weighted by molar-refractivity contribution is -0.400. The summed E-state index contributed by atoms with van der Waals surface area (Å²) in [6, 6.07) is 7.22. The first-order chi connectivity index (χ1) is 7.72. The Balaban J connectivity index is 2.51. The van der Waals surface area contributed by atoms with Gasteiger partial charge in [-0.05, 0) is 24.1 Å². The zero-order valence-electron chi connectivity index (χ0n) is 9.26. The second-order valence-electron chi connectivity index (χ2n) is 3.37. The molecule has 0 unspecified atom stereocenters. The Labute approximate surface area is 94.7 Å². The molecule has 4 nitrogen and oxygen atoms in total. The van der Waals surface area contributed by atoms with Crippen LogP contribution >= 0.6 is 0 Å². The molecule has 0 fully saturated rings. The van der Waals surface area contributed by atoms with Crippen LogP contribution in [0.3, 0.4) is 0 Å². The van der Waals surface area contributed by atoms with Gasteiger partial charge in [-0.2, -0.15) is 0 Å². The first kappa shape index (κ1) is 12.2. The van der Waals surface area contributed by atoms with Crippen molar-refractivity contribution in [3.63, 3.8) is 0 Å². The Morgan fingerprint density at radius 1 is 1.38 bits per heavy atom. The molecule has 0 aromatic heterocycles. The fourth-order valence-electron chi connectivity index (χ4n) is 1.16. The van der Waals surface area contributed by atoms with Crippen molar-refractivity contribution in [2.24, 2.45) is 0 Å². The Bertz CT molecular complexity index is 357. The molecular formula is C12H15NO3. The zero-order chi connectivity index (χ0) is 11.8.